The van der Waals surface area contributed by atoms with Crippen molar-refractivity contribution < 1.29 is 9.28 Å². The summed E-state index contributed by atoms with van der Waals surface area (Å²) in [4.78, 5) is 10.7. The molecule has 0 rings (SSSR count). The van der Waals surface area contributed by atoms with E-state index >= 15 is 0 Å². The molecule has 0 bridgehead atoms. The third kappa shape index (κ3) is 5.80. The molecule has 0 aliphatic rings. The number of carbonyl (C=O) groups excluding carboxylic acids is 1. The molecule has 0 saturated heterocycles. The average Bonchev–Trinajstić information content (AvgIpc) is 1.62. The van der Waals surface area contributed by atoms with Crippen molar-refractivity contribution in [3.8, 4) is 0 Å². The number of hydrogen-bond donors (Lipinski definition) is 0. The van der Waals surface area contributed by atoms with Crippen LogP contribution < -0.4 is 0 Å². The van der Waals surface area contributed by atoms with E-state index in [2.05, 4.69) is 0 Å². The van der Waals surface area contributed by atoms with Crippen molar-refractivity contribution in [2.45, 2.75) is 0 Å². The van der Waals surface area contributed by atoms with Crippen molar-refractivity contribution in [2.75, 3.05) is 33.6 Å². The number of halogens is 1. The van der Waals surface area contributed by atoms with Crippen LogP contribution in [0.1, 0.15) is 0 Å². The molecule has 0 radical (unpaired) electrons. The highest BCUT2D eigenvalue weighted by Crippen LogP contribution is 1.90. The zero-order chi connectivity index (χ0) is 7.49. The van der Waals surface area contributed by atoms with Crippen LogP contribution in [0.3, 0.4) is 0 Å². The molecule has 0 heterocycles. The van der Waals surface area contributed by atoms with Crippen LogP contribution >= 0.6 is 11.6 Å². The lowest BCUT2D eigenvalue weighted by Crippen LogP contribution is -2.39. The fraction of sp³-hybridized carbons (Fsp3) is 0.833. The summed E-state index contributed by atoms with van der Waals surface area (Å²) in [7, 11) is 5.89. The van der Waals surface area contributed by atoms with Crippen molar-refractivity contribution in [1.29, 1.82) is 0 Å². The van der Waals surface area contributed by atoms with E-state index < -0.39 is 0 Å². The van der Waals surface area contributed by atoms with E-state index in [0.717, 1.165) is 0 Å². The van der Waals surface area contributed by atoms with E-state index in [1.54, 1.807) is 0 Å². The Balaban J connectivity index is 3.60. The van der Waals surface area contributed by atoms with Gasteiger partial charge in [0.25, 0.3) is 0 Å². The number of ketones is 1. The molecule has 0 aromatic heterocycles. The first-order chi connectivity index (χ1) is 3.95. The summed E-state index contributed by atoms with van der Waals surface area (Å²) in [6.45, 7) is 0.517. The number of likely N-dealkylation sites (N-methyl/N-ethyl adjacent to an activating group) is 1. The molecular formula is C6H13ClNO+. The van der Waals surface area contributed by atoms with Gasteiger partial charge in [0.05, 0.1) is 27.0 Å². The molecular weight excluding hydrogens is 138 g/mol. The second kappa shape index (κ2) is 3.18. The van der Waals surface area contributed by atoms with Crippen LogP contribution in [0.25, 0.3) is 0 Å². The molecule has 0 unspecified atom stereocenters. The molecule has 0 aromatic carbocycles. The van der Waals surface area contributed by atoms with E-state index in [1.165, 1.54) is 0 Å². The highest BCUT2D eigenvalue weighted by atomic mass is 35.5. The van der Waals surface area contributed by atoms with E-state index in [0.29, 0.717) is 11.0 Å². The SMILES string of the molecule is C[N+](C)(C)CC(=O)CCl. The predicted octanol–water partition coefficient (Wildman–Crippen LogP) is 0.500. The van der Waals surface area contributed by atoms with E-state index in [9.17, 15) is 4.79 Å². The van der Waals surface area contributed by atoms with Crippen LogP contribution in [0, 0.1) is 0 Å². The fourth-order valence-electron chi connectivity index (χ4n) is 0.571. The largest absolute Gasteiger partial charge is 0.325 e. The topological polar surface area (TPSA) is 17.1 Å². The van der Waals surface area contributed by atoms with Crippen LogP contribution in [-0.4, -0.2) is 43.8 Å². The maximum atomic E-state index is 10.7. The Kier molecular flexibility index (Phi) is 3.15. The lowest BCUT2D eigenvalue weighted by Gasteiger charge is -2.21. The maximum Gasteiger partial charge on any atom is 0.201 e. The first-order valence-electron chi connectivity index (χ1n) is 2.84. The fourth-order valence-corrected chi connectivity index (χ4v) is 0.656. The second-order valence-corrected chi connectivity index (χ2v) is 3.39. The summed E-state index contributed by atoms with van der Waals surface area (Å²) in [6, 6.07) is 0. The molecule has 0 fully saturated rings. The van der Waals surface area contributed by atoms with Gasteiger partial charge in [-0.25, -0.2) is 0 Å². The smallest absolute Gasteiger partial charge is 0.201 e. The van der Waals surface area contributed by atoms with Gasteiger partial charge in [-0.2, -0.15) is 0 Å². The third-order valence-corrected chi connectivity index (χ3v) is 1.10. The Labute approximate surface area is 61.0 Å². The minimum absolute atomic E-state index is 0.101. The minimum atomic E-state index is 0.101. The standard InChI is InChI=1S/C6H13ClNO/c1-8(2,3)5-6(9)4-7/h4-5H2,1-3H3/q+1. The Bertz CT molecular complexity index is 106. The van der Waals surface area contributed by atoms with Crippen LogP contribution in [0.2, 0.25) is 0 Å². The highest BCUT2D eigenvalue weighted by molar-refractivity contribution is 6.27. The van der Waals surface area contributed by atoms with Gasteiger partial charge in [-0.3, -0.25) is 4.79 Å². The summed E-state index contributed by atoms with van der Waals surface area (Å²) >= 11 is 5.30. The molecule has 0 atom stereocenters. The summed E-state index contributed by atoms with van der Waals surface area (Å²) in [6.07, 6.45) is 0. The molecule has 0 spiro atoms. The Morgan fingerprint density at radius 3 is 2.00 bits per heavy atom. The number of hydrogen-bond acceptors (Lipinski definition) is 1. The molecule has 2 nitrogen and oxygen atoms in total. The number of quaternary nitrogens is 1. The molecule has 54 valence electrons. The van der Waals surface area contributed by atoms with Gasteiger partial charge in [0.15, 0.2) is 0 Å². The number of alkyl halides is 1. The summed E-state index contributed by atoms with van der Waals surface area (Å²) < 4.78 is 0.658. The monoisotopic (exact) mass is 150 g/mol. The zero-order valence-electron chi connectivity index (χ0n) is 6.15. The van der Waals surface area contributed by atoms with E-state index in [4.69, 9.17) is 11.6 Å². The minimum Gasteiger partial charge on any atom is -0.325 e. The summed E-state index contributed by atoms with van der Waals surface area (Å²) in [5.74, 6) is 0.236. The van der Waals surface area contributed by atoms with Crippen molar-refractivity contribution >= 4 is 17.4 Å². The molecule has 0 aliphatic heterocycles. The van der Waals surface area contributed by atoms with Crippen molar-refractivity contribution in [1.82, 2.24) is 0 Å². The van der Waals surface area contributed by atoms with Gasteiger partial charge in [-0.15, -0.1) is 11.6 Å². The number of Topliss-reactive ketones (excluding diaryl/α,β-unsaturated/α-hetero) is 1. The number of carbonyl (C=O) groups is 1. The molecule has 0 amide bonds. The zero-order valence-corrected chi connectivity index (χ0v) is 6.90. The van der Waals surface area contributed by atoms with E-state index in [-0.39, 0.29) is 11.7 Å². The van der Waals surface area contributed by atoms with Crippen molar-refractivity contribution in [3.63, 3.8) is 0 Å². The Morgan fingerprint density at radius 1 is 1.44 bits per heavy atom. The van der Waals surface area contributed by atoms with Gasteiger partial charge in [0.2, 0.25) is 5.78 Å². The average molecular weight is 151 g/mol. The summed E-state index contributed by atoms with van der Waals surface area (Å²) in [5, 5.41) is 0. The second-order valence-electron chi connectivity index (χ2n) is 3.12. The van der Waals surface area contributed by atoms with Gasteiger partial charge in [0, 0.05) is 0 Å². The van der Waals surface area contributed by atoms with Crippen LogP contribution in [-0.2, 0) is 4.79 Å². The van der Waals surface area contributed by atoms with Gasteiger partial charge in [-0.05, 0) is 0 Å². The predicted molar refractivity (Wildman–Crippen MR) is 38.6 cm³/mol. The Hall–Kier alpha value is -0.0800. The third-order valence-electron chi connectivity index (χ3n) is 0.800. The molecule has 0 saturated carbocycles. The lowest BCUT2D eigenvalue weighted by atomic mass is 10.4. The van der Waals surface area contributed by atoms with Gasteiger partial charge in [-0.1, -0.05) is 0 Å². The molecule has 0 N–H and O–H groups in total. The summed E-state index contributed by atoms with van der Waals surface area (Å²) in [5.41, 5.74) is 0. The Morgan fingerprint density at radius 2 is 1.89 bits per heavy atom. The lowest BCUT2D eigenvalue weighted by molar-refractivity contribution is -0.861. The number of rotatable bonds is 3. The van der Waals surface area contributed by atoms with Crippen molar-refractivity contribution in [2.24, 2.45) is 0 Å². The highest BCUT2D eigenvalue weighted by Gasteiger charge is 2.12. The number of nitrogens with zero attached hydrogens (tertiary/aromatic N) is 1. The normalized spacial score (nSPS) is 11.6. The van der Waals surface area contributed by atoms with Crippen LogP contribution in [0.15, 0.2) is 0 Å². The van der Waals surface area contributed by atoms with Gasteiger partial charge >= 0.3 is 0 Å². The molecule has 9 heavy (non-hydrogen) atoms. The van der Waals surface area contributed by atoms with Gasteiger partial charge in [0.1, 0.15) is 6.54 Å². The molecule has 3 heteroatoms. The first-order valence-corrected chi connectivity index (χ1v) is 3.37. The quantitative estimate of drug-likeness (QED) is 0.423. The molecule has 0 aromatic rings. The van der Waals surface area contributed by atoms with Gasteiger partial charge < -0.3 is 4.48 Å². The van der Waals surface area contributed by atoms with Crippen molar-refractivity contribution in [3.05, 3.63) is 0 Å². The van der Waals surface area contributed by atoms with Crippen LogP contribution in [0.5, 0.6) is 0 Å². The van der Waals surface area contributed by atoms with Crippen LogP contribution in [0.4, 0.5) is 0 Å². The van der Waals surface area contributed by atoms with E-state index in [1.807, 2.05) is 21.1 Å². The molecule has 0 aliphatic carbocycles. The maximum absolute atomic E-state index is 10.7. The first kappa shape index (κ1) is 8.92.